The van der Waals surface area contributed by atoms with Gasteiger partial charge in [0.1, 0.15) is 12.6 Å². The second kappa shape index (κ2) is 19.8. The van der Waals surface area contributed by atoms with E-state index in [1.807, 2.05) is 21.1 Å². The van der Waals surface area contributed by atoms with Gasteiger partial charge in [0.25, 0.3) is 0 Å². The molecule has 6 heteroatoms. The fourth-order valence-corrected chi connectivity index (χ4v) is 3.30. The van der Waals surface area contributed by atoms with E-state index in [0.717, 1.165) is 12.8 Å². The topological polar surface area (TPSA) is 97.7 Å². The monoisotopic (exact) mass is 431 g/mol. The molecule has 0 bridgehead atoms. The number of aliphatic hydroxyl groups excluding tert-OH is 1. The van der Waals surface area contributed by atoms with Crippen LogP contribution in [0.4, 0.5) is 0 Å². The lowest BCUT2D eigenvalue weighted by molar-refractivity contribution is -0.873. The lowest BCUT2D eigenvalue weighted by atomic mass is 10.0. The molecule has 2 N–H and O–H groups in total. The number of carboxylic acid groups (broad SMARTS) is 2. The molecule has 0 aromatic rings. The van der Waals surface area contributed by atoms with Gasteiger partial charge in [-0.2, -0.15) is 0 Å². The zero-order valence-corrected chi connectivity index (χ0v) is 20.3. The molecule has 0 aliphatic rings. The molecule has 180 valence electrons. The van der Waals surface area contributed by atoms with E-state index in [9.17, 15) is 14.7 Å². The Kier molecular flexibility index (Phi) is 20.5. The van der Waals surface area contributed by atoms with Gasteiger partial charge in [-0.25, -0.2) is 0 Å². The van der Waals surface area contributed by atoms with Gasteiger partial charge < -0.3 is 24.6 Å². The maximum Gasteiger partial charge on any atom is 0.306 e. The van der Waals surface area contributed by atoms with Gasteiger partial charge in [-0.15, -0.1) is 0 Å². The van der Waals surface area contributed by atoms with E-state index < -0.39 is 18.0 Å². The first-order chi connectivity index (χ1) is 14.0. The molecule has 0 fully saturated rings. The van der Waals surface area contributed by atoms with Crippen LogP contribution in [-0.4, -0.2) is 60.4 Å². The third-order valence-electron chi connectivity index (χ3n) is 5.07. The maximum atomic E-state index is 10.6. The number of carbonyl (C=O) groups excluding carboxylic acids is 1. The molecule has 1 unspecified atom stereocenters. The SMILES string of the molecule is CCCCCCCCCCCCCCC(C)C(=O)O.C[N+](C)(C)C[C@H](O)CC(=O)[O-]. The summed E-state index contributed by atoms with van der Waals surface area (Å²) in [6.45, 7) is 4.49. The first-order valence-electron chi connectivity index (χ1n) is 11.9. The molecule has 30 heavy (non-hydrogen) atoms. The third kappa shape index (κ3) is 26.9. The number of aliphatic carboxylic acids is 2. The minimum Gasteiger partial charge on any atom is -0.550 e. The van der Waals surface area contributed by atoms with E-state index in [1.165, 1.54) is 70.6 Å². The zero-order valence-electron chi connectivity index (χ0n) is 20.3. The number of rotatable bonds is 18. The summed E-state index contributed by atoms with van der Waals surface area (Å²) in [5, 5.41) is 27.9. The van der Waals surface area contributed by atoms with E-state index in [-0.39, 0.29) is 12.3 Å². The van der Waals surface area contributed by atoms with Crippen molar-refractivity contribution in [1.82, 2.24) is 0 Å². The number of carbonyl (C=O) groups is 2. The van der Waals surface area contributed by atoms with Crippen LogP contribution in [0.3, 0.4) is 0 Å². The highest BCUT2D eigenvalue weighted by atomic mass is 16.4. The highest BCUT2D eigenvalue weighted by Crippen LogP contribution is 2.14. The highest BCUT2D eigenvalue weighted by molar-refractivity contribution is 5.69. The smallest absolute Gasteiger partial charge is 0.306 e. The molecule has 0 saturated heterocycles. The van der Waals surface area contributed by atoms with E-state index in [0.29, 0.717) is 11.0 Å². The number of carboxylic acids is 2. The first kappa shape index (κ1) is 31.0. The molecule has 0 heterocycles. The second-order valence-electron chi connectivity index (χ2n) is 9.62. The average molecular weight is 432 g/mol. The molecule has 0 aliphatic heterocycles. The van der Waals surface area contributed by atoms with Crippen molar-refractivity contribution in [1.29, 1.82) is 0 Å². The molecule has 6 nitrogen and oxygen atoms in total. The normalized spacial score (nSPS) is 13.3. The number of unbranched alkanes of at least 4 members (excludes halogenated alkanes) is 11. The molecule has 0 aliphatic carbocycles. The van der Waals surface area contributed by atoms with Crippen molar-refractivity contribution in [3.63, 3.8) is 0 Å². The van der Waals surface area contributed by atoms with Gasteiger partial charge >= 0.3 is 5.97 Å². The van der Waals surface area contributed by atoms with Crippen LogP contribution in [0.15, 0.2) is 0 Å². The third-order valence-corrected chi connectivity index (χ3v) is 5.07. The summed E-state index contributed by atoms with van der Waals surface area (Å²) >= 11 is 0. The van der Waals surface area contributed by atoms with E-state index in [2.05, 4.69) is 6.92 Å². The fraction of sp³-hybridized carbons (Fsp3) is 0.917. The van der Waals surface area contributed by atoms with Gasteiger partial charge in [-0.1, -0.05) is 90.9 Å². The number of aliphatic hydroxyl groups is 1. The molecular weight excluding hydrogens is 382 g/mol. The Labute approximate surface area is 185 Å². The van der Waals surface area contributed by atoms with Crippen LogP contribution in [0.5, 0.6) is 0 Å². The minimum atomic E-state index is -1.20. The predicted molar refractivity (Wildman–Crippen MR) is 121 cm³/mol. The van der Waals surface area contributed by atoms with Crippen LogP contribution in [-0.2, 0) is 9.59 Å². The van der Waals surface area contributed by atoms with Gasteiger partial charge in [0.05, 0.1) is 27.1 Å². The number of hydrogen-bond acceptors (Lipinski definition) is 4. The molecule has 0 amide bonds. The van der Waals surface area contributed by atoms with Crippen LogP contribution in [0, 0.1) is 5.92 Å². The number of hydrogen-bond donors (Lipinski definition) is 2. The summed E-state index contributed by atoms with van der Waals surface area (Å²) in [5.74, 6) is -2.02. The van der Waals surface area contributed by atoms with E-state index >= 15 is 0 Å². The lowest BCUT2D eigenvalue weighted by Crippen LogP contribution is -2.43. The largest absolute Gasteiger partial charge is 0.550 e. The van der Waals surface area contributed by atoms with Gasteiger partial charge in [0.2, 0.25) is 0 Å². The molecule has 0 aromatic carbocycles. The molecule has 0 radical (unpaired) electrons. The van der Waals surface area contributed by atoms with Crippen LogP contribution in [0.25, 0.3) is 0 Å². The summed E-state index contributed by atoms with van der Waals surface area (Å²) in [6, 6.07) is 0. The summed E-state index contributed by atoms with van der Waals surface area (Å²) < 4.78 is 0.550. The van der Waals surface area contributed by atoms with Crippen molar-refractivity contribution < 1.29 is 29.4 Å². The van der Waals surface area contributed by atoms with Gasteiger partial charge in [0, 0.05) is 12.4 Å². The molecule has 0 rings (SSSR count). The Morgan fingerprint density at radius 2 is 1.23 bits per heavy atom. The standard InChI is InChI=1S/C17H34O2.C7H15NO3/c1-3-4-5-6-7-8-9-10-11-12-13-14-15-16(2)17(18)19;1-8(2,3)5-6(9)4-7(10)11/h16H,3-15H2,1-2H3,(H,18,19);6,9H,4-5H2,1-3H3/t;6-/m.1/s1. The molecule has 0 aromatic heterocycles. The van der Waals surface area contributed by atoms with E-state index in [1.54, 1.807) is 6.92 Å². The predicted octanol–water partition coefficient (Wildman–Crippen LogP) is 3.99. The van der Waals surface area contributed by atoms with Gasteiger partial charge in [-0.05, 0) is 6.42 Å². The van der Waals surface area contributed by atoms with Gasteiger partial charge in [-0.3, -0.25) is 4.79 Å². The lowest BCUT2D eigenvalue weighted by Gasteiger charge is -2.26. The van der Waals surface area contributed by atoms with E-state index in [4.69, 9.17) is 10.2 Å². The quantitative estimate of drug-likeness (QED) is 0.253. The number of likely N-dealkylation sites (N-methyl/N-ethyl adjacent to an activating group) is 1. The molecule has 2 atom stereocenters. The van der Waals surface area contributed by atoms with Crippen LogP contribution in [0.1, 0.15) is 104 Å². The fourth-order valence-electron chi connectivity index (χ4n) is 3.30. The average Bonchev–Trinajstić information content (AvgIpc) is 2.60. The Morgan fingerprint density at radius 3 is 1.57 bits per heavy atom. The van der Waals surface area contributed by atoms with Crippen molar-refractivity contribution in [2.24, 2.45) is 5.92 Å². The van der Waals surface area contributed by atoms with Gasteiger partial charge in [0.15, 0.2) is 0 Å². The highest BCUT2D eigenvalue weighted by Gasteiger charge is 2.14. The van der Waals surface area contributed by atoms with Crippen LogP contribution >= 0.6 is 0 Å². The molecule has 0 spiro atoms. The Hall–Kier alpha value is -1.14. The Morgan fingerprint density at radius 1 is 0.833 bits per heavy atom. The van der Waals surface area contributed by atoms with Crippen LogP contribution < -0.4 is 5.11 Å². The van der Waals surface area contributed by atoms with Crippen molar-refractivity contribution in [3.05, 3.63) is 0 Å². The zero-order chi connectivity index (χ0) is 23.4. The summed E-state index contributed by atoms with van der Waals surface area (Å²) in [6.07, 6.45) is 15.8. The Balaban J connectivity index is 0. The van der Waals surface area contributed by atoms with Crippen molar-refractivity contribution >= 4 is 11.9 Å². The van der Waals surface area contributed by atoms with Crippen molar-refractivity contribution in [3.8, 4) is 0 Å². The first-order valence-corrected chi connectivity index (χ1v) is 11.9. The maximum absolute atomic E-state index is 10.6. The number of nitrogens with zero attached hydrogens (tertiary/aromatic N) is 1. The molecule has 0 saturated carbocycles. The summed E-state index contributed by atoms with van der Waals surface area (Å²) in [4.78, 5) is 20.6. The number of quaternary nitrogens is 1. The second-order valence-corrected chi connectivity index (χ2v) is 9.62. The van der Waals surface area contributed by atoms with Crippen LogP contribution in [0.2, 0.25) is 0 Å². The molecular formula is C24H49NO5. The summed E-state index contributed by atoms with van der Waals surface area (Å²) in [7, 11) is 5.66. The van der Waals surface area contributed by atoms with Crippen molar-refractivity contribution in [2.75, 3.05) is 27.7 Å². The minimum absolute atomic E-state index is 0.164. The summed E-state index contributed by atoms with van der Waals surface area (Å²) in [5.41, 5.74) is 0. The Bertz CT molecular complexity index is 420. The van der Waals surface area contributed by atoms with Crippen molar-refractivity contribution in [2.45, 2.75) is 110 Å².